The smallest absolute Gasteiger partial charge is 0.217 e. The molecule has 25 N–H and O–H groups in total. The molecule has 0 spiro atoms. The van der Waals surface area contributed by atoms with Crippen LogP contribution in [0.25, 0.3) is 0 Å². The number of aliphatic hydroxyl groups is 25. The van der Waals surface area contributed by atoms with E-state index in [1.165, 1.54) is 0 Å². The van der Waals surface area contributed by atoms with Crippen LogP contribution >= 0.6 is 0 Å². The van der Waals surface area contributed by atoms with E-state index < -0.39 is 273 Å². The number of rotatable bonds is 11. The summed E-state index contributed by atoms with van der Waals surface area (Å²) in [7, 11) is 0. The quantitative estimate of drug-likeness (QED) is 0.0913. The van der Waals surface area contributed by atoms with Crippen LogP contribution in [0.3, 0.4) is 0 Å². The number of hydrogen-bond acceptors (Lipinski definition) is 33. The first-order valence-corrected chi connectivity index (χ1v) is 24.6. The minimum absolute atomic E-state index is 0.514. The number of aliphatic hydroxyl groups excluding tert-OH is 25. The van der Waals surface area contributed by atoms with Crippen LogP contribution < -0.4 is 0 Å². The van der Waals surface area contributed by atoms with Crippen LogP contribution in [0.1, 0.15) is 38.5 Å². The Morgan fingerprint density at radius 1 is 0.312 bits per heavy atom. The van der Waals surface area contributed by atoms with E-state index >= 15 is 0 Å². The van der Waals surface area contributed by atoms with Crippen LogP contribution in [0.2, 0.25) is 0 Å². The average molecular weight is 1140 g/mol. The van der Waals surface area contributed by atoms with E-state index in [-0.39, 0.29) is 0 Å². The average Bonchev–Trinajstić information content (AvgIpc) is 3.41. The van der Waals surface area contributed by atoms with Crippen molar-refractivity contribution in [1.29, 1.82) is 0 Å². The molecule has 7 aliphatic rings. The molecule has 0 amide bonds. The monoisotopic (exact) mass is 1130 g/mol. The minimum atomic E-state index is -2.73. The lowest BCUT2D eigenvalue weighted by Crippen LogP contribution is -2.64. The zero-order valence-electron chi connectivity index (χ0n) is 41.2. The lowest BCUT2D eigenvalue weighted by Gasteiger charge is -2.47. The third-order valence-electron chi connectivity index (χ3n) is 13.9. The number of ether oxygens (including phenoxy) is 8. The molecule has 0 radical (unpaired) electrons. The van der Waals surface area contributed by atoms with Gasteiger partial charge in [-0.2, -0.15) is 0 Å². The molecule has 5 aliphatic heterocycles. The molecule has 27 atom stereocenters. The third kappa shape index (κ3) is 16.4. The standard InChI is InChI=1S/C44H78O33/c45-5-1-16-23(52)34(63)42(68)77-38-15(12-50)10-21(28(57)30(38)59)71-39-22(13-51)75-44(36(65)31(39)60)74-19(4-8-48)26(55)33(62)41(67)72-17(2-6-46)24(53)32(61)40(66)73-18(3-7-47)25(54)35(64)43(69)76-37-14(11-49)9-20(70-16)27(56)29(37)58/h14-22,24-25,27-32,35-69H,1-13H2/b33-26-,34-23-. The maximum atomic E-state index is 11.3. The molecule has 6 bridgehead atoms. The summed E-state index contributed by atoms with van der Waals surface area (Å²) in [5, 5.41) is 269. The van der Waals surface area contributed by atoms with Gasteiger partial charge in [0.05, 0.1) is 43.2 Å². The van der Waals surface area contributed by atoms with Crippen LogP contribution in [0, 0.1) is 11.8 Å². The summed E-state index contributed by atoms with van der Waals surface area (Å²) in [6, 6.07) is 0. The Balaban J connectivity index is 1.75. The molecule has 7 rings (SSSR count). The highest BCUT2D eigenvalue weighted by atomic mass is 16.7. The Hall–Kier alpha value is -2.48. The van der Waals surface area contributed by atoms with Gasteiger partial charge in [-0.3, -0.25) is 0 Å². The molecule has 3 fully saturated rings. The fourth-order valence-corrected chi connectivity index (χ4v) is 9.42. The molecule has 452 valence electrons. The Bertz CT molecular complexity index is 1780. The molecule has 27 unspecified atom stereocenters. The van der Waals surface area contributed by atoms with Gasteiger partial charge in [0.1, 0.15) is 85.5 Å². The zero-order chi connectivity index (χ0) is 57.7. The van der Waals surface area contributed by atoms with Crippen LogP contribution in [-0.4, -0.2) is 327 Å². The first kappa shape index (κ1) is 67.0. The largest absolute Gasteiger partial charge is 0.506 e. The van der Waals surface area contributed by atoms with E-state index in [4.69, 9.17) is 37.9 Å². The summed E-state index contributed by atoms with van der Waals surface area (Å²) in [6.07, 6.45) is -57.6. The van der Waals surface area contributed by atoms with Crippen molar-refractivity contribution < 1.29 is 166 Å². The molecule has 0 aromatic rings. The van der Waals surface area contributed by atoms with Gasteiger partial charge in [0, 0.05) is 64.3 Å². The molecule has 0 aromatic heterocycles. The van der Waals surface area contributed by atoms with Gasteiger partial charge >= 0.3 is 0 Å². The predicted molar refractivity (Wildman–Crippen MR) is 243 cm³/mol. The molecule has 2 aliphatic carbocycles. The fourth-order valence-electron chi connectivity index (χ4n) is 9.42. The van der Waals surface area contributed by atoms with Crippen LogP contribution in [0.4, 0.5) is 0 Å². The lowest BCUT2D eigenvalue weighted by atomic mass is 9.80. The van der Waals surface area contributed by atoms with E-state index in [2.05, 4.69) is 0 Å². The molecule has 0 aromatic carbocycles. The second-order valence-corrected chi connectivity index (χ2v) is 19.0. The van der Waals surface area contributed by atoms with Crippen LogP contribution in [0.15, 0.2) is 23.0 Å². The Labute approximate surface area is 438 Å². The van der Waals surface area contributed by atoms with Gasteiger partial charge in [-0.15, -0.1) is 0 Å². The fraction of sp³-hybridized carbons (Fsp3) is 0.909. The normalized spacial score (nSPS) is 47.4. The second-order valence-electron chi connectivity index (χ2n) is 19.0. The third-order valence-corrected chi connectivity index (χ3v) is 13.9. The van der Waals surface area contributed by atoms with Gasteiger partial charge in [-0.25, -0.2) is 0 Å². The molecule has 77 heavy (non-hydrogen) atoms. The molecule has 33 nitrogen and oxygen atoms in total. The zero-order valence-corrected chi connectivity index (χ0v) is 41.2. The molecule has 2 saturated carbocycles. The van der Waals surface area contributed by atoms with Crippen molar-refractivity contribution in [3.63, 3.8) is 0 Å². The van der Waals surface area contributed by atoms with Crippen molar-refractivity contribution in [2.75, 3.05) is 46.2 Å². The summed E-state index contributed by atoms with van der Waals surface area (Å²) in [5.74, 6) is -8.30. The van der Waals surface area contributed by atoms with Crippen molar-refractivity contribution in [1.82, 2.24) is 0 Å². The van der Waals surface area contributed by atoms with E-state index in [1.807, 2.05) is 0 Å². The van der Waals surface area contributed by atoms with E-state index in [0.717, 1.165) is 0 Å². The second kappa shape index (κ2) is 31.1. The predicted octanol–water partition coefficient (Wildman–Crippen LogP) is -10.8. The molecular formula is C44H78O33. The van der Waals surface area contributed by atoms with Gasteiger partial charge < -0.3 is 166 Å². The summed E-state index contributed by atoms with van der Waals surface area (Å²) < 4.78 is 43.8. The minimum Gasteiger partial charge on any atom is -0.506 e. The Kier molecular flexibility index (Phi) is 27.1. The number of hydrogen-bond donors (Lipinski definition) is 25. The van der Waals surface area contributed by atoms with E-state index in [9.17, 15) is 128 Å². The van der Waals surface area contributed by atoms with Crippen LogP contribution in [0.5, 0.6) is 0 Å². The van der Waals surface area contributed by atoms with Crippen LogP contribution in [-0.2, 0) is 37.9 Å². The number of fused-ring (bicyclic) bond motifs is 3. The maximum absolute atomic E-state index is 11.3. The van der Waals surface area contributed by atoms with Crippen molar-refractivity contribution in [3.05, 3.63) is 23.0 Å². The first-order chi connectivity index (χ1) is 36.4. The summed E-state index contributed by atoms with van der Waals surface area (Å²) in [6.45, 7) is -6.34. The maximum Gasteiger partial charge on any atom is 0.217 e. The highest BCUT2D eigenvalue weighted by Gasteiger charge is 2.53. The van der Waals surface area contributed by atoms with Crippen molar-refractivity contribution in [2.24, 2.45) is 11.8 Å². The van der Waals surface area contributed by atoms with Gasteiger partial charge in [-0.1, -0.05) is 0 Å². The SMILES string of the molecule is OCCC1OC2CC(CO)C(OC(O)C(O)C(O)C(CCO)OC(O)C(O)C(O)C(CCO)OC(O)/C(O)=C(/O)C(CCO)OC3OC(CO)C(OC4CC(CO)C(OC(O)/C(O)=C\1O)C(O)C4O)C(O)C3O)C(O)C2O. The van der Waals surface area contributed by atoms with Gasteiger partial charge in [0.25, 0.3) is 0 Å². The molecular weight excluding hydrogens is 1060 g/mol. The summed E-state index contributed by atoms with van der Waals surface area (Å²) in [5.41, 5.74) is 0. The summed E-state index contributed by atoms with van der Waals surface area (Å²) in [4.78, 5) is 0. The Morgan fingerprint density at radius 3 is 1.17 bits per heavy atom. The Morgan fingerprint density at radius 2 is 0.714 bits per heavy atom. The lowest BCUT2D eigenvalue weighted by molar-refractivity contribution is -0.329. The molecule has 1 saturated heterocycles. The van der Waals surface area contributed by atoms with E-state index in [1.54, 1.807) is 0 Å². The first-order valence-electron chi connectivity index (χ1n) is 24.6. The van der Waals surface area contributed by atoms with Crippen molar-refractivity contribution in [3.8, 4) is 0 Å². The highest BCUT2D eigenvalue weighted by Crippen LogP contribution is 2.37. The molecule has 33 heteroatoms. The van der Waals surface area contributed by atoms with Crippen molar-refractivity contribution in [2.45, 2.75) is 192 Å². The topological polar surface area (TPSA) is 580 Å². The van der Waals surface area contributed by atoms with Gasteiger partial charge in [0.2, 0.25) is 12.6 Å². The summed E-state index contributed by atoms with van der Waals surface area (Å²) >= 11 is 0. The highest BCUT2D eigenvalue weighted by molar-refractivity contribution is 5.10. The molecule has 5 heterocycles. The van der Waals surface area contributed by atoms with Gasteiger partial charge in [0.15, 0.2) is 41.9 Å². The van der Waals surface area contributed by atoms with E-state index in [0.29, 0.717) is 0 Å². The van der Waals surface area contributed by atoms with Crippen molar-refractivity contribution >= 4 is 0 Å². The van der Waals surface area contributed by atoms with Gasteiger partial charge in [-0.05, 0) is 25.7 Å².